The first kappa shape index (κ1) is 20.3. The molecule has 140 valence electrons. The first-order chi connectivity index (χ1) is 13.1. The third-order valence-corrected chi connectivity index (χ3v) is 3.48. The number of pyridine rings is 1. The van der Waals surface area contributed by atoms with Crippen molar-refractivity contribution in [2.45, 2.75) is 19.4 Å². The number of alkyl carbamates (subject to hydrolysis) is 1. The Labute approximate surface area is 159 Å². The molecule has 27 heavy (non-hydrogen) atoms. The minimum atomic E-state index is -0.516. The van der Waals surface area contributed by atoms with Crippen LogP contribution in [0.25, 0.3) is 0 Å². The Morgan fingerprint density at radius 2 is 1.85 bits per heavy atom. The van der Waals surface area contributed by atoms with E-state index in [2.05, 4.69) is 15.6 Å². The Hall–Kier alpha value is -3.03. The Morgan fingerprint density at radius 3 is 2.63 bits per heavy atom. The third kappa shape index (κ3) is 8.76. The normalized spacial score (nSPS) is 10.1. The number of aromatic nitrogens is 1. The maximum absolute atomic E-state index is 11.7. The second-order valence-electron chi connectivity index (χ2n) is 5.74. The van der Waals surface area contributed by atoms with Crippen molar-refractivity contribution in [2.24, 2.45) is 0 Å². The van der Waals surface area contributed by atoms with Crippen LogP contribution in [0.2, 0.25) is 0 Å². The van der Waals surface area contributed by atoms with Crippen molar-refractivity contribution in [3.05, 3.63) is 54.4 Å². The van der Waals surface area contributed by atoms with Gasteiger partial charge in [-0.3, -0.25) is 9.78 Å². The summed E-state index contributed by atoms with van der Waals surface area (Å²) < 4.78 is 10.5. The molecule has 2 N–H and O–H groups in total. The van der Waals surface area contributed by atoms with E-state index in [1.165, 1.54) is 6.20 Å². The van der Waals surface area contributed by atoms with Crippen LogP contribution >= 0.6 is 0 Å². The Balaban J connectivity index is 1.47. The molecule has 7 nitrogen and oxygen atoms in total. The summed E-state index contributed by atoms with van der Waals surface area (Å²) in [6.45, 7) is 1.23. The number of benzene rings is 1. The van der Waals surface area contributed by atoms with Crippen LogP contribution in [0.15, 0.2) is 48.8 Å². The summed E-state index contributed by atoms with van der Waals surface area (Å²) in [5.74, 6) is 0.470. The van der Waals surface area contributed by atoms with Crippen molar-refractivity contribution in [1.82, 2.24) is 15.6 Å². The van der Waals surface area contributed by atoms with Gasteiger partial charge < -0.3 is 20.1 Å². The summed E-state index contributed by atoms with van der Waals surface area (Å²) in [5.41, 5.74) is 1.44. The molecular formula is C19H22BN3O4. The molecule has 1 aromatic carbocycles. The van der Waals surface area contributed by atoms with Gasteiger partial charge in [-0.25, -0.2) is 4.79 Å². The molecule has 0 aliphatic heterocycles. The van der Waals surface area contributed by atoms with Crippen LogP contribution < -0.4 is 20.8 Å². The van der Waals surface area contributed by atoms with Crippen molar-refractivity contribution in [2.75, 3.05) is 19.7 Å². The molecule has 0 aliphatic rings. The zero-order valence-corrected chi connectivity index (χ0v) is 15.0. The van der Waals surface area contributed by atoms with E-state index in [9.17, 15) is 9.59 Å². The summed E-state index contributed by atoms with van der Waals surface area (Å²) in [6, 6.07) is 11.1. The lowest BCUT2D eigenvalue weighted by atomic mass is 9.99. The highest BCUT2D eigenvalue weighted by Crippen LogP contribution is 2.05. The third-order valence-electron chi connectivity index (χ3n) is 3.48. The zero-order chi connectivity index (χ0) is 19.3. The van der Waals surface area contributed by atoms with Crippen LogP contribution in [0.3, 0.4) is 0 Å². The Morgan fingerprint density at radius 1 is 1.07 bits per heavy atom. The van der Waals surface area contributed by atoms with Crippen LogP contribution in [-0.4, -0.2) is 44.5 Å². The standard InChI is InChI=1S/C19H22BN3O4/c20-16-11-17(13-21-12-16)26-10-4-7-18(24)22-8-9-23-19(25)27-14-15-5-2-1-3-6-15/h1-3,5-6,11-13H,4,7-10,14H2,(H,22,24)(H,23,25). The lowest BCUT2D eigenvalue weighted by Gasteiger charge is -2.09. The first-order valence-electron chi connectivity index (χ1n) is 8.68. The summed E-state index contributed by atoms with van der Waals surface area (Å²) in [5, 5.41) is 5.31. The summed E-state index contributed by atoms with van der Waals surface area (Å²) >= 11 is 0. The van der Waals surface area contributed by atoms with E-state index in [1.54, 1.807) is 12.3 Å². The van der Waals surface area contributed by atoms with Gasteiger partial charge in [0.2, 0.25) is 5.91 Å². The molecule has 0 spiro atoms. The van der Waals surface area contributed by atoms with Gasteiger partial charge in [0.1, 0.15) is 20.2 Å². The van der Waals surface area contributed by atoms with E-state index in [1.807, 2.05) is 30.3 Å². The molecule has 2 rings (SSSR count). The van der Waals surface area contributed by atoms with Crippen molar-refractivity contribution in [3.63, 3.8) is 0 Å². The van der Waals surface area contributed by atoms with Crippen LogP contribution in [0.4, 0.5) is 4.79 Å². The summed E-state index contributed by atoms with van der Waals surface area (Å²) in [6.07, 6.45) is 3.48. The molecular weight excluding hydrogens is 345 g/mol. The van der Waals surface area contributed by atoms with Crippen molar-refractivity contribution < 1.29 is 19.1 Å². The quantitative estimate of drug-likeness (QED) is 0.485. The van der Waals surface area contributed by atoms with Crippen LogP contribution in [0.5, 0.6) is 5.75 Å². The van der Waals surface area contributed by atoms with E-state index in [0.717, 1.165) is 5.56 Å². The fraction of sp³-hybridized carbons (Fsp3) is 0.316. The van der Waals surface area contributed by atoms with Crippen molar-refractivity contribution in [3.8, 4) is 5.75 Å². The van der Waals surface area contributed by atoms with E-state index in [-0.39, 0.29) is 12.5 Å². The van der Waals surface area contributed by atoms with E-state index < -0.39 is 6.09 Å². The molecule has 0 aliphatic carbocycles. The number of hydrogen-bond acceptors (Lipinski definition) is 5. The van der Waals surface area contributed by atoms with Gasteiger partial charge in [0.15, 0.2) is 0 Å². The van der Waals surface area contributed by atoms with Gasteiger partial charge in [-0.05, 0) is 18.1 Å². The smallest absolute Gasteiger partial charge is 0.407 e. The Kier molecular flexibility index (Phi) is 8.69. The number of carbonyl (C=O) groups excluding carboxylic acids is 2. The van der Waals surface area contributed by atoms with Gasteiger partial charge in [0.05, 0.1) is 12.8 Å². The predicted octanol–water partition coefficient (Wildman–Crippen LogP) is 1.08. The highest BCUT2D eigenvalue weighted by Gasteiger charge is 2.04. The molecule has 0 saturated heterocycles. The average Bonchev–Trinajstić information content (AvgIpc) is 2.68. The van der Waals surface area contributed by atoms with Gasteiger partial charge >= 0.3 is 6.09 Å². The minimum Gasteiger partial charge on any atom is -0.492 e. The number of ether oxygens (including phenoxy) is 2. The van der Waals surface area contributed by atoms with Gasteiger partial charge in [-0.15, -0.1) is 0 Å². The van der Waals surface area contributed by atoms with Gasteiger partial charge in [-0.2, -0.15) is 0 Å². The lowest BCUT2D eigenvalue weighted by molar-refractivity contribution is -0.121. The first-order valence-corrected chi connectivity index (χ1v) is 8.68. The highest BCUT2D eigenvalue weighted by molar-refractivity contribution is 6.32. The predicted molar refractivity (Wildman–Crippen MR) is 102 cm³/mol. The number of nitrogens with zero attached hydrogens (tertiary/aromatic N) is 1. The lowest BCUT2D eigenvalue weighted by Crippen LogP contribution is -2.34. The number of rotatable bonds is 10. The molecule has 2 radical (unpaired) electrons. The topological polar surface area (TPSA) is 89.5 Å². The number of nitrogens with one attached hydrogen (secondary N) is 2. The zero-order valence-electron chi connectivity index (χ0n) is 15.0. The SMILES string of the molecule is [B]c1cncc(OCCCC(=O)NCCNC(=O)OCc2ccccc2)c1. The summed E-state index contributed by atoms with van der Waals surface area (Å²) in [4.78, 5) is 27.2. The van der Waals surface area contributed by atoms with Crippen LogP contribution in [0, 0.1) is 0 Å². The molecule has 2 amide bonds. The Bertz CT molecular complexity index is 728. The van der Waals surface area contributed by atoms with Gasteiger partial charge in [-0.1, -0.05) is 35.8 Å². The van der Waals surface area contributed by atoms with Gasteiger partial charge in [0, 0.05) is 25.7 Å². The fourth-order valence-electron chi connectivity index (χ4n) is 2.17. The molecule has 8 heteroatoms. The molecule has 2 aromatic rings. The number of carbonyl (C=O) groups is 2. The van der Waals surface area contributed by atoms with Crippen molar-refractivity contribution in [1.29, 1.82) is 0 Å². The monoisotopic (exact) mass is 367 g/mol. The largest absolute Gasteiger partial charge is 0.492 e. The second kappa shape index (κ2) is 11.6. The molecule has 0 atom stereocenters. The molecule has 0 fully saturated rings. The van der Waals surface area contributed by atoms with Crippen LogP contribution in [0.1, 0.15) is 18.4 Å². The maximum Gasteiger partial charge on any atom is 0.407 e. The highest BCUT2D eigenvalue weighted by atomic mass is 16.5. The van der Waals surface area contributed by atoms with Crippen molar-refractivity contribution >= 4 is 25.3 Å². The van der Waals surface area contributed by atoms with E-state index >= 15 is 0 Å². The summed E-state index contributed by atoms with van der Waals surface area (Å²) in [7, 11) is 5.60. The second-order valence-corrected chi connectivity index (χ2v) is 5.74. The number of amides is 2. The minimum absolute atomic E-state index is 0.108. The van der Waals surface area contributed by atoms with E-state index in [0.29, 0.717) is 43.8 Å². The fourth-order valence-corrected chi connectivity index (χ4v) is 2.17. The molecule has 1 heterocycles. The molecule has 0 saturated carbocycles. The van der Waals surface area contributed by atoms with E-state index in [4.69, 9.17) is 17.3 Å². The average molecular weight is 367 g/mol. The number of hydrogen-bond donors (Lipinski definition) is 2. The van der Waals surface area contributed by atoms with Gasteiger partial charge in [0.25, 0.3) is 0 Å². The molecule has 0 unspecified atom stereocenters. The van der Waals surface area contributed by atoms with Crippen LogP contribution in [-0.2, 0) is 16.1 Å². The molecule has 1 aromatic heterocycles. The maximum atomic E-state index is 11.7. The molecule has 0 bridgehead atoms.